The number of hydrogen-bond acceptors (Lipinski definition) is 11. The first-order valence-electron chi connectivity index (χ1n) is 13.8. The number of para-hydroxylation sites is 1. The van der Waals surface area contributed by atoms with E-state index in [4.69, 9.17) is 16.2 Å². The fourth-order valence-electron chi connectivity index (χ4n) is 6.30. The van der Waals surface area contributed by atoms with Crippen molar-refractivity contribution < 1.29 is 60.7 Å². The topological polar surface area (TPSA) is 201 Å². The molecule has 8 N–H and O–H groups in total. The quantitative estimate of drug-likeness (QED) is 0.0939. The summed E-state index contributed by atoms with van der Waals surface area (Å²) < 4.78 is 86.1. The van der Waals surface area contributed by atoms with Crippen LogP contribution in [0.25, 0.3) is 0 Å². The van der Waals surface area contributed by atoms with E-state index < -0.39 is 95.6 Å². The minimum atomic E-state index is -5.28. The summed E-state index contributed by atoms with van der Waals surface area (Å²) in [6, 6.07) is 5.13. The number of urea groups is 1. The van der Waals surface area contributed by atoms with Crippen molar-refractivity contribution >= 4 is 35.5 Å². The van der Waals surface area contributed by atoms with Gasteiger partial charge in [-0.3, -0.25) is 30.2 Å². The number of carbonyl (C=O) groups excluding carboxylic acids is 3. The smallest absolute Gasteiger partial charge is 0.417 e. The van der Waals surface area contributed by atoms with E-state index in [1.54, 1.807) is 30.3 Å². The molecule has 1 spiro atoms. The van der Waals surface area contributed by atoms with Gasteiger partial charge in [0.05, 0.1) is 29.8 Å². The average Bonchev–Trinajstić information content (AvgIpc) is 3.57. The molecular weight excluding hydrogens is 646 g/mol. The van der Waals surface area contributed by atoms with E-state index in [-0.39, 0.29) is 30.7 Å². The highest BCUT2D eigenvalue weighted by atomic mass is 19.4. The van der Waals surface area contributed by atoms with Gasteiger partial charge in [-0.2, -0.15) is 26.3 Å². The van der Waals surface area contributed by atoms with Crippen LogP contribution in [0.15, 0.2) is 53.5 Å². The third-order valence-corrected chi connectivity index (χ3v) is 8.45. The van der Waals surface area contributed by atoms with Gasteiger partial charge in [0.2, 0.25) is 0 Å². The van der Waals surface area contributed by atoms with Crippen molar-refractivity contribution in [3.05, 3.63) is 65.2 Å². The third kappa shape index (κ3) is 4.94. The molecular formula is C27H25F6N8O6+. The standard InChI is InChI=1S/C27H24F6N8O6/c28-26(29,30)12-6-7-15(27(31,32)33)14(8-12)20(43)47-17-10-41-22(35)36-16(19-24(41,25(17,45)46)38-21(34)37-19)9-40-18(42)11-39(23(40)44)13-4-2-1-3-5-13/h1-8,16-17,19,45-46H,9-11H2,(H2,35,36)(H3,34,37,38)/p+1/t16-,17-,19-,24-/m0/s1. The molecule has 4 atom stereocenters. The molecule has 2 fully saturated rings. The molecule has 0 radical (unpaired) electrons. The Labute approximate surface area is 259 Å². The van der Waals surface area contributed by atoms with Gasteiger partial charge >= 0.3 is 30.3 Å². The molecule has 2 saturated heterocycles. The van der Waals surface area contributed by atoms with Crippen LogP contribution in [0.4, 0.5) is 36.8 Å². The Morgan fingerprint density at radius 1 is 1.06 bits per heavy atom. The monoisotopic (exact) mass is 671 g/mol. The van der Waals surface area contributed by atoms with E-state index >= 15 is 0 Å². The Hall–Kier alpha value is -5.11. The van der Waals surface area contributed by atoms with Crippen LogP contribution in [-0.4, -0.2) is 99.1 Å². The number of halogens is 6. The molecule has 20 heteroatoms. The second-order valence-electron chi connectivity index (χ2n) is 11.2. The Morgan fingerprint density at radius 2 is 1.74 bits per heavy atom. The molecule has 14 nitrogen and oxygen atoms in total. The van der Waals surface area contributed by atoms with Gasteiger partial charge in [0.1, 0.15) is 12.6 Å². The SMILES string of the molecule is NC1=N[C@@H](CN2C(=O)CN(c3ccccc3)C2=O)[C@@H]2[NH+]=C(N)N[C@]23N1C[C@H](OC(=O)c1cc(C(F)(F)F)ccc1C(F)(F)F)C3(O)O. The van der Waals surface area contributed by atoms with E-state index in [2.05, 4.69) is 15.3 Å². The molecule has 2 aromatic carbocycles. The van der Waals surface area contributed by atoms with Gasteiger partial charge in [0.15, 0.2) is 18.1 Å². The van der Waals surface area contributed by atoms with Crippen LogP contribution in [0.2, 0.25) is 0 Å². The number of alkyl halides is 6. The number of imide groups is 1. The number of ether oxygens (including phenoxy) is 1. The molecule has 0 aliphatic carbocycles. The Balaban J connectivity index is 1.30. The maximum atomic E-state index is 13.7. The number of nitrogens with zero attached hydrogens (tertiary/aromatic N) is 4. The number of hydrogen-bond donors (Lipinski definition) is 6. The number of guanidine groups is 2. The molecule has 0 aromatic heterocycles. The van der Waals surface area contributed by atoms with Gasteiger partial charge in [-0.1, -0.05) is 18.2 Å². The summed E-state index contributed by atoms with van der Waals surface area (Å²) in [5.74, 6) is -6.55. The zero-order chi connectivity index (χ0) is 34.3. The molecule has 2 aromatic rings. The fourth-order valence-corrected chi connectivity index (χ4v) is 6.30. The number of amides is 3. The van der Waals surface area contributed by atoms with Gasteiger partial charge < -0.3 is 20.7 Å². The lowest BCUT2D eigenvalue weighted by molar-refractivity contribution is -0.522. The normalized spacial score (nSPS) is 26.9. The second-order valence-corrected chi connectivity index (χ2v) is 11.2. The Morgan fingerprint density at radius 3 is 2.38 bits per heavy atom. The lowest BCUT2D eigenvalue weighted by atomic mass is 9.85. The minimum absolute atomic E-state index is 0.0548. The van der Waals surface area contributed by atoms with Crippen LogP contribution < -0.4 is 26.7 Å². The summed E-state index contributed by atoms with van der Waals surface area (Å²) in [7, 11) is 0. The Bertz CT molecular complexity index is 1720. The number of aliphatic imine (C=N–C) groups is 1. The summed E-state index contributed by atoms with van der Waals surface area (Å²) >= 11 is 0. The van der Waals surface area contributed by atoms with Crippen LogP contribution in [0.1, 0.15) is 21.5 Å². The van der Waals surface area contributed by atoms with Crippen molar-refractivity contribution in [2.24, 2.45) is 16.5 Å². The van der Waals surface area contributed by atoms with Crippen LogP contribution in [0.5, 0.6) is 0 Å². The maximum absolute atomic E-state index is 13.7. The van der Waals surface area contributed by atoms with Gasteiger partial charge in [0.25, 0.3) is 17.4 Å². The van der Waals surface area contributed by atoms with Crippen molar-refractivity contribution in [3.63, 3.8) is 0 Å². The fraction of sp³-hybridized carbons (Fsp3) is 0.370. The molecule has 3 amide bonds. The summed E-state index contributed by atoms with van der Waals surface area (Å²) in [5.41, 5.74) is 5.42. The number of rotatable bonds is 5. The van der Waals surface area contributed by atoms with E-state index in [1.165, 1.54) is 4.90 Å². The molecule has 0 saturated carbocycles. The predicted octanol–water partition coefficient (Wildman–Crippen LogP) is -1.52. The van der Waals surface area contributed by atoms with Gasteiger partial charge in [-0.15, -0.1) is 0 Å². The number of nitrogens with one attached hydrogen (secondary N) is 2. The molecule has 250 valence electrons. The summed E-state index contributed by atoms with van der Waals surface area (Å²) in [5, 5.41) is 25.7. The predicted molar refractivity (Wildman–Crippen MR) is 146 cm³/mol. The largest absolute Gasteiger partial charge is 0.451 e. The lowest BCUT2D eigenvalue weighted by Crippen LogP contribution is -2.90. The van der Waals surface area contributed by atoms with Crippen molar-refractivity contribution in [1.82, 2.24) is 15.1 Å². The van der Waals surface area contributed by atoms with Crippen LogP contribution in [0.3, 0.4) is 0 Å². The van der Waals surface area contributed by atoms with E-state index in [0.717, 1.165) is 9.80 Å². The summed E-state index contributed by atoms with van der Waals surface area (Å²) in [4.78, 5) is 49.3. The molecule has 4 aliphatic heterocycles. The lowest BCUT2D eigenvalue weighted by Gasteiger charge is -2.46. The van der Waals surface area contributed by atoms with Crippen LogP contribution >= 0.6 is 0 Å². The van der Waals surface area contributed by atoms with Crippen molar-refractivity contribution in [2.75, 3.05) is 24.5 Å². The molecule has 6 rings (SSSR count). The van der Waals surface area contributed by atoms with Crippen LogP contribution in [0, 0.1) is 0 Å². The van der Waals surface area contributed by atoms with Crippen molar-refractivity contribution in [3.8, 4) is 0 Å². The highest BCUT2D eigenvalue weighted by Crippen LogP contribution is 2.44. The number of nitrogens with two attached hydrogens (primary N) is 2. The Kier molecular flexibility index (Phi) is 7.09. The minimum Gasteiger partial charge on any atom is -0.451 e. The highest BCUT2D eigenvalue weighted by molar-refractivity contribution is 6.12. The third-order valence-electron chi connectivity index (χ3n) is 8.45. The summed E-state index contributed by atoms with van der Waals surface area (Å²) in [6.45, 7) is -1.50. The first kappa shape index (κ1) is 31.9. The van der Waals surface area contributed by atoms with Gasteiger partial charge in [-0.05, 0) is 30.3 Å². The van der Waals surface area contributed by atoms with Gasteiger partial charge in [-0.25, -0.2) is 19.9 Å². The van der Waals surface area contributed by atoms with E-state index in [9.17, 15) is 50.9 Å². The number of esters is 1. The molecule has 47 heavy (non-hydrogen) atoms. The highest BCUT2D eigenvalue weighted by Gasteiger charge is 2.77. The first-order valence-corrected chi connectivity index (χ1v) is 13.8. The first-order chi connectivity index (χ1) is 21.9. The molecule has 0 unspecified atom stereocenters. The average molecular weight is 672 g/mol. The van der Waals surface area contributed by atoms with E-state index in [1.807, 2.05) is 0 Å². The number of anilines is 1. The molecule has 4 heterocycles. The number of aliphatic hydroxyl groups is 2. The second kappa shape index (κ2) is 10.5. The maximum Gasteiger partial charge on any atom is 0.417 e. The van der Waals surface area contributed by atoms with Crippen LogP contribution in [-0.2, 0) is 21.9 Å². The van der Waals surface area contributed by atoms with Crippen molar-refractivity contribution in [1.29, 1.82) is 0 Å². The zero-order valence-corrected chi connectivity index (χ0v) is 23.7. The summed E-state index contributed by atoms with van der Waals surface area (Å²) in [6.07, 6.45) is -12.6. The molecule has 0 bridgehead atoms. The molecule has 4 aliphatic rings. The van der Waals surface area contributed by atoms with Crippen molar-refractivity contribution in [2.45, 2.75) is 42.0 Å². The number of carbonyl (C=O) groups is 3. The van der Waals surface area contributed by atoms with E-state index in [0.29, 0.717) is 5.69 Å². The number of benzene rings is 2. The zero-order valence-electron chi connectivity index (χ0n) is 23.7. The van der Waals surface area contributed by atoms with Gasteiger partial charge in [0, 0.05) is 5.69 Å².